The lowest BCUT2D eigenvalue weighted by atomic mass is 9.84. The monoisotopic (exact) mass is 300 g/mol. The molecule has 0 spiro atoms. The number of carbonyl (C=O) groups is 3. The molecule has 2 fully saturated rings. The molecule has 0 bridgehead atoms. The number of likely N-dealkylation sites (tertiary alicyclic amines) is 1. The zero-order valence-electron chi connectivity index (χ0n) is 11.5. The number of hydrogen-bond acceptors (Lipinski definition) is 4. The van der Waals surface area contributed by atoms with Crippen LogP contribution >= 0.6 is 11.8 Å². The summed E-state index contributed by atoms with van der Waals surface area (Å²) in [6.45, 7) is 3.23. The third kappa shape index (κ3) is 3.65. The van der Waals surface area contributed by atoms with Crippen molar-refractivity contribution < 1.29 is 19.5 Å². The van der Waals surface area contributed by atoms with Gasteiger partial charge in [-0.1, -0.05) is 18.7 Å². The lowest BCUT2D eigenvalue weighted by Crippen LogP contribution is -2.50. The number of nitrogens with one attached hydrogen (secondary N) is 1. The topological polar surface area (TPSA) is 86.7 Å². The maximum Gasteiger partial charge on any atom is 0.303 e. The highest BCUT2D eigenvalue weighted by Crippen LogP contribution is 2.27. The lowest BCUT2D eigenvalue weighted by Gasteiger charge is -2.36. The van der Waals surface area contributed by atoms with Gasteiger partial charge in [-0.05, 0) is 24.7 Å². The minimum absolute atomic E-state index is 0.0319. The van der Waals surface area contributed by atoms with Crippen LogP contribution in [0.15, 0.2) is 0 Å². The molecular weight excluding hydrogens is 280 g/mol. The maximum absolute atomic E-state index is 12.3. The highest BCUT2D eigenvalue weighted by molar-refractivity contribution is 8.14. The van der Waals surface area contributed by atoms with E-state index in [1.165, 1.54) is 0 Å². The van der Waals surface area contributed by atoms with E-state index in [9.17, 15) is 14.4 Å². The lowest BCUT2D eigenvalue weighted by molar-refractivity contribution is -0.138. The molecule has 0 aliphatic carbocycles. The van der Waals surface area contributed by atoms with Crippen molar-refractivity contribution in [3.05, 3.63) is 0 Å². The van der Waals surface area contributed by atoms with Gasteiger partial charge in [-0.15, -0.1) is 0 Å². The highest BCUT2D eigenvalue weighted by atomic mass is 32.2. The van der Waals surface area contributed by atoms with E-state index in [0.717, 1.165) is 24.6 Å². The van der Waals surface area contributed by atoms with Crippen LogP contribution in [0, 0.1) is 11.8 Å². The number of hydrogen-bond donors (Lipinski definition) is 2. The molecular formula is C13H20N2O4S. The van der Waals surface area contributed by atoms with Gasteiger partial charge in [-0.2, -0.15) is 0 Å². The zero-order chi connectivity index (χ0) is 14.7. The predicted molar refractivity (Wildman–Crippen MR) is 75.5 cm³/mol. The highest BCUT2D eigenvalue weighted by Gasteiger charge is 2.34. The SMILES string of the molecule is CC(CC(=O)O)C1CCCN(C(=O)C2CSC(=O)N2)C1. The summed E-state index contributed by atoms with van der Waals surface area (Å²) in [5.74, 6) is -0.0380. The molecule has 0 saturated carbocycles. The molecule has 2 aliphatic heterocycles. The van der Waals surface area contributed by atoms with Crippen molar-refractivity contribution in [2.45, 2.75) is 32.2 Å². The molecule has 2 saturated heterocycles. The molecule has 0 aromatic heterocycles. The molecule has 7 heteroatoms. The summed E-state index contributed by atoms with van der Waals surface area (Å²) in [7, 11) is 0. The largest absolute Gasteiger partial charge is 0.481 e. The first-order valence-electron chi connectivity index (χ1n) is 6.91. The molecule has 112 valence electrons. The molecule has 2 amide bonds. The maximum atomic E-state index is 12.3. The van der Waals surface area contributed by atoms with Gasteiger partial charge in [0.25, 0.3) is 5.24 Å². The average Bonchev–Trinajstić information content (AvgIpc) is 2.84. The molecule has 6 nitrogen and oxygen atoms in total. The molecule has 0 aromatic rings. The summed E-state index contributed by atoms with van der Waals surface area (Å²) >= 11 is 1.14. The van der Waals surface area contributed by atoms with Crippen LogP contribution in [0.1, 0.15) is 26.2 Å². The van der Waals surface area contributed by atoms with Gasteiger partial charge < -0.3 is 15.3 Å². The van der Waals surface area contributed by atoms with Crippen molar-refractivity contribution in [2.24, 2.45) is 11.8 Å². The van der Waals surface area contributed by atoms with Gasteiger partial charge >= 0.3 is 5.97 Å². The Balaban J connectivity index is 1.91. The first kappa shape index (κ1) is 15.2. The van der Waals surface area contributed by atoms with Crippen molar-refractivity contribution >= 4 is 28.9 Å². The predicted octanol–water partition coefficient (Wildman–Crippen LogP) is 1.16. The van der Waals surface area contributed by atoms with E-state index in [1.807, 2.05) is 6.92 Å². The fourth-order valence-electron chi connectivity index (χ4n) is 2.85. The van der Waals surface area contributed by atoms with Gasteiger partial charge in [-0.3, -0.25) is 14.4 Å². The van der Waals surface area contributed by atoms with Crippen molar-refractivity contribution in [3.63, 3.8) is 0 Å². The number of carbonyl (C=O) groups excluding carboxylic acids is 2. The van der Waals surface area contributed by atoms with Crippen molar-refractivity contribution in [3.8, 4) is 0 Å². The second-order valence-electron chi connectivity index (χ2n) is 5.56. The molecule has 2 rings (SSSR count). The summed E-state index contributed by atoms with van der Waals surface area (Å²) < 4.78 is 0. The molecule has 2 aliphatic rings. The average molecular weight is 300 g/mol. The van der Waals surface area contributed by atoms with Crippen LogP contribution < -0.4 is 5.32 Å². The minimum Gasteiger partial charge on any atom is -0.481 e. The quantitative estimate of drug-likeness (QED) is 0.813. The van der Waals surface area contributed by atoms with Crippen LogP contribution in [0.5, 0.6) is 0 Å². The second-order valence-corrected chi connectivity index (χ2v) is 6.55. The number of nitrogens with zero attached hydrogens (tertiary/aromatic N) is 1. The Hall–Kier alpha value is -1.24. The third-order valence-corrected chi connectivity index (χ3v) is 4.92. The van der Waals surface area contributed by atoms with Gasteiger partial charge in [0.15, 0.2) is 0 Å². The molecule has 20 heavy (non-hydrogen) atoms. The number of aliphatic carboxylic acids is 1. The number of carboxylic acids is 1. The van der Waals surface area contributed by atoms with E-state index < -0.39 is 12.0 Å². The van der Waals surface area contributed by atoms with Crippen LogP contribution in [-0.4, -0.2) is 52.0 Å². The Morgan fingerprint density at radius 2 is 2.30 bits per heavy atom. The molecule has 3 unspecified atom stereocenters. The van der Waals surface area contributed by atoms with Crippen LogP contribution in [0.4, 0.5) is 4.79 Å². The summed E-state index contributed by atoms with van der Waals surface area (Å²) in [6.07, 6.45) is 2.00. The van der Waals surface area contributed by atoms with E-state index in [4.69, 9.17) is 5.11 Å². The number of piperidine rings is 1. The molecule has 2 heterocycles. The van der Waals surface area contributed by atoms with E-state index in [1.54, 1.807) is 4.90 Å². The smallest absolute Gasteiger partial charge is 0.303 e. The number of rotatable bonds is 4. The molecule has 0 aromatic carbocycles. The molecule has 3 atom stereocenters. The van der Waals surface area contributed by atoms with E-state index in [0.29, 0.717) is 18.8 Å². The van der Waals surface area contributed by atoms with Gasteiger partial charge in [0, 0.05) is 25.3 Å². The first-order chi connectivity index (χ1) is 9.47. The Labute approximate surface area is 122 Å². The van der Waals surface area contributed by atoms with Crippen LogP contribution in [0.3, 0.4) is 0 Å². The van der Waals surface area contributed by atoms with E-state index in [-0.39, 0.29) is 29.4 Å². The third-order valence-electron chi connectivity index (χ3n) is 4.04. The van der Waals surface area contributed by atoms with Crippen molar-refractivity contribution in [1.29, 1.82) is 0 Å². The Kier molecular flexibility index (Phi) is 4.91. The summed E-state index contributed by atoms with van der Waals surface area (Å²) in [5.41, 5.74) is 0. The van der Waals surface area contributed by atoms with Crippen molar-refractivity contribution in [2.75, 3.05) is 18.8 Å². The number of carboxylic acid groups (broad SMARTS) is 1. The Morgan fingerprint density at radius 3 is 2.90 bits per heavy atom. The Morgan fingerprint density at radius 1 is 1.55 bits per heavy atom. The fraction of sp³-hybridized carbons (Fsp3) is 0.769. The van der Waals surface area contributed by atoms with Crippen LogP contribution in [-0.2, 0) is 9.59 Å². The second kappa shape index (κ2) is 6.47. The fourth-order valence-corrected chi connectivity index (χ4v) is 3.62. The van der Waals surface area contributed by atoms with E-state index in [2.05, 4.69) is 5.32 Å². The first-order valence-corrected chi connectivity index (χ1v) is 7.90. The summed E-state index contributed by atoms with van der Waals surface area (Å²) in [6, 6.07) is -0.416. The van der Waals surface area contributed by atoms with Gasteiger partial charge in [0.05, 0.1) is 0 Å². The molecule has 0 radical (unpaired) electrons. The number of thioether (sulfide) groups is 1. The zero-order valence-corrected chi connectivity index (χ0v) is 12.3. The van der Waals surface area contributed by atoms with E-state index >= 15 is 0 Å². The minimum atomic E-state index is -0.791. The van der Waals surface area contributed by atoms with Crippen LogP contribution in [0.25, 0.3) is 0 Å². The molecule has 2 N–H and O–H groups in total. The summed E-state index contributed by atoms with van der Waals surface area (Å²) in [5, 5.41) is 11.4. The van der Waals surface area contributed by atoms with Gasteiger partial charge in [0.1, 0.15) is 6.04 Å². The van der Waals surface area contributed by atoms with Crippen molar-refractivity contribution in [1.82, 2.24) is 10.2 Å². The van der Waals surface area contributed by atoms with Gasteiger partial charge in [0.2, 0.25) is 5.91 Å². The Bertz CT molecular complexity index is 415. The van der Waals surface area contributed by atoms with Crippen LogP contribution in [0.2, 0.25) is 0 Å². The number of amides is 2. The van der Waals surface area contributed by atoms with Gasteiger partial charge in [-0.25, -0.2) is 0 Å². The summed E-state index contributed by atoms with van der Waals surface area (Å²) in [4.78, 5) is 36.0. The standard InChI is InChI=1S/C13H20N2O4S/c1-8(5-11(16)17)9-3-2-4-15(6-9)12(18)10-7-20-13(19)14-10/h8-10H,2-7H2,1H3,(H,14,19)(H,16,17). The normalized spacial score (nSPS) is 28.1.